The minimum absolute atomic E-state index is 0.491. The number of halogens is 3. The minimum Gasteiger partial charge on any atom is -0.344 e. The Kier molecular flexibility index (Phi) is 3.59. The third-order valence-corrected chi connectivity index (χ3v) is 2.97. The van der Waals surface area contributed by atoms with Gasteiger partial charge in [0.25, 0.3) is 0 Å². The molecule has 5 heteroatoms. The summed E-state index contributed by atoms with van der Waals surface area (Å²) in [5.74, 6) is 0.781. The summed E-state index contributed by atoms with van der Waals surface area (Å²) in [6.45, 7) is 2.53. The Balaban J connectivity index is 2.24. The molecule has 1 aromatic carbocycles. The highest BCUT2D eigenvalue weighted by molar-refractivity contribution is 5.96. The monoisotopic (exact) mass is 256 g/mol. The quantitative estimate of drug-likeness (QED) is 0.806. The van der Waals surface area contributed by atoms with E-state index in [1.165, 1.54) is 6.07 Å². The van der Waals surface area contributed by atoms with Gasteiger partial charge in [0.1, 0.15) is 5.84 Å². The van der Waals surface area contributed by atoms with Gasteiger partial charge < -0.3 is 5.32 Å². The molecular weight excluding hydrogens is 241 g/mol. The summed E-state index contributed by atoms with van der Waals surface area (Å²) in [6, 6.07) is 3.73. The Hall–Kier alpha value is -1.52. The van der Waals surface area contributed by atoms with Crippen LogP contribution in [0.15, 0.2) is 23.2 Å². The second-order valence-electron chi connectivity index (χ2n) is 4.44. The summed E-state index contributed by atoms with van der Waals surface area (Å²) in [5.41, 5.74) is 0.647. The van der Waals surface area contributed by atoms with E-state index in [2.05, 4.69) is 10.3 Å². The van der Waals surface area contributed by atoms with E-state index in [-0.39, 0.29) is 0 Å². The van der Waals surface area contributed by atoms with Gasteiger partial charge in [-0.3, -0.25) is 4.99 Å². The highest BCUT2D eigenvalue weighted by Crippen LogP contribution is 2.32. The van der Waals surface area contributed by atoms with Crippen molar-refractivity contribution in [3.8, 4) is 0 Å². The fourth-order valence-electron chi connectivity index (χ4n) is 1.89. The molecule has 1 N–H and O–H groups in total. The Bertz CT molecular complexity index is 464. The molecule has 1 aliphatic rings. The average molecular weight is 256 g/mol. The van der Waals surface area contributed by atoms with Gasteiger partial charge in [-0.1, -0.05) is 6.07 Å². The molecule has 98 valence electrons. The predicted octanol–water partition coefficient (Wildman–Crippen LogP) is 4.01. The van der Waals surface area contributed by atoms with Crippen molar-refractivity contribution < 1.29 is 13.2 Å². The molecule has 0 amide bonds. The predicted molar refractivity (Wildman–Crippen MR) is 66.0 cm³/mol. The molecule has 1 aromatic rings. The van der Waals surface area contributed by atoms with E-state index in [0.717, 1.165) is 49.3 Å². The highest BCUT2D eigenvalue weighted by Gasteiger charge is 2.30. The number of hydrogen-bond donors (Lipinski definition) is 1. The molecule has 0 atom stereocenters. The number of aliphatic imine (C=N–C) groups is 1. The van der Waals surface area contributed by atoms with Crippen molar-refractivity contribution in [2.45, 2.75) is 32.4 Å². The standard InChI is InChI=1S/C13H15F3N2/c1-9-5-6-10(13(14,15)16)8-11(9)18-12-4-2-3-7-17-12/h5-6,8H,2-4,7H2,1H3,(H,17,18). The molecule has 0 aliphatic carbocycles. The second-order valence-corrected chi connectivity index (χ2v) is 4.44. The van der Waals surface area contributed by atoms with Crippen LogP contribution < -0.4 is 5.32 Å². The molecule has 0 radical (unpaired) electrons. The van der Waals surface area contributed by atoms with Crippen LogP contribution in [0.1, 0.15) is 30.4 Å². The van der Waals surface area contributed by atoms with E-state index in [1.54, 1.807) is 6.92 Å². The largest absolute Gasteiger partial charge is 0.416 e. The maximum Gasteiger partial charge on any atom is 0.416 e. The van der Waals surface area contributed by atoms with Crippen LogP contribution in [-0.2, 0) is 6.18 Å². The van der Waals surface area contributed by atoms with Crippen molar-refractivity contribution in [1.29, 1.82) is 0 Å². The Morgan fingerprint density at radius 3 is 2.61 bits per heavy atom. The van der Waals surface area contributed by atoms with E-state index >= 15 is 0 Å². The van der Waals surface area contributed by atoms with Crippen LogP contribution in [-0.4, -0.2) is 12.4 Å². The van der Waals surface area contributed by atoms with Gasteiger partial charge in [0.05, 0.1) is 5.56 Å². The zero-order valence-electron chi connectivity index (χ0n) is 10.1. The van der Waals surface area contributed by atoms with Crippen LogP contribution >= 0.6 is 0 Å². The molecule has 1 heterocycles. The Labute approximate surface area is 104 Å². The fourth-order valence-corrected chi connectivity index (χ4v) is 1.89. The molecule has 2 rings (SSSR count). The van der Waals surface area contributed by atoms with Gasteiger partial charge in [0.15, 0.2) is 0 Å². The highest BCUT2D eigenvalue weighted by atomic mass is 19.4. The molecule has 0 saturated heterocycles. The first-order chi connectivity index (χ1) is 8.47. The maximum atomic E-state index is 12.6. The first-order valence-electron chi connectivity index (χ1n) is 5.95. The summed E-state index contributed by atoms with van der Waals surface area (Å²) in [4.78, 5) is 4.28. The first kappa shape index (κ1) is 12.9. The zero-order valence-corrected chi connectivity index (χ0v) is 10.1. The second kappa shape index (κ2) is 5.00. The van der Waals surface area contributed by atoms with E-state index in [9.17, 15) is 13.2 Å². The number of aryl methyl sites for hydroxylation is 1. The number of amidine groups is 1. The van der Waals surface area contributed by atoms with E-state index in [1.807, 2.05) is 0 Å². The third-order valence-electron chi connectivity index (χ3n) is 2.97. The number of anilines is 1. The van der Waals surface area contributed by atoms with Crippen LogP contribution in [0.2, 0.25) is 0 Å². The smallest absolute Gasteiger partial charge is 0.344 e. The minimum atomic E-state index is -4.31. The lowest BCUT2D eigenvalue weighted by Crippen LogP contribution is -2.17. The number of rotatable bonds is 1. The van der Waals surface area contributed by atoms with Crippen molar-refractivity contribution >= 4 is 11.5 Å². The number of nitrogens with one attached hydrogen (secondary N) is 1. The first-order valence-corrected chi connectivity index (χ1v) is 5.95. The molecule has 0 unspecified atom stereocenters. The Morgan fingerprint density at radius 2 is 2.00 bits per heavy atom. The van der Waals surface area contributed by atoms with Crippen LogP contribution in [0.25, 0.3) is 0 Å². The Morgan fingerprint density at radius 1 is 1.22 bits per heavy atom. The summed E-state index contributed by atoms with van der Waals surface area (Å²) in [6.07, 6.45) is -1.43. The van der Waals surface area contributed by atoms with Crippen molar-refractivity contribution in [3.05, 3.63) is 29.3 Å². The number of nitrogens with zero attached hydrogens (tertiary/aromatic N) is 1. The van der Waals surface area contributed by atoms with Crippen LogP contribution in [0, 0.1) is 6.92 Å². The van der Waals surface area contributed by atoms with Gasteiger partial charge in [-0.15, -0.1) is 0 Å². The van der Waals surface area contributed by atoms with Crippen molar-refractivity contribution in [2.24, 2.45) is 4.99 Å². The van der Waals surface area contributed by atoms with E-state index in [0.29, 0.717) is 5.69 Å². The normalized spacial score (nSPS) is 16.3. The van der Waals surface area contributed by atoms with Crippen LogP contribution in [0.3, 0.4) is 0 Å². The van der Waals surface area contributed by atoms with Gasteiger partial charge in [-0.25, -0.2) is 0 Å². The molecule has 0 spiro atoms. The van der Waals surface area contributed by atoms with Crippen molar-refractivity contribution in [3.63, 3.8) is 0 Å². The van der Waals surface area contributed by atoms with Crippen molar-refractivity contribution in [2.75, 3.05) is 11.9 Å². The lowest BCUT2D eigenvalue weighted by Gasteiger charge is -2.17. The number of benzene rings is 1. The molecule has 0 aromatic heterocycles. The number of alkyl halides is 3. The van der Waals surface area contributed by atoms with Gasteiger partial charge in [-0.05, 0) is 37.5 Å². The van der Waals surface area contributed by atoms with Crippen LogP contribution in [0.5, 0.6) is 0 Å². The maximum absolute atomic E-state index is 12.6. The van der Waals surface area contributed by atoms with E-state index in [4.69, 9.17) is 0 Å². The van der Waals surface area contributed by atoms with Crippen molar-refractivity contribution in [1.82, 2.24) is 0 Å². The van der Waals surface area contributed by atoms with Gasteiger partial charge in [-0.2, -0.15) is 13.2 Å². The third kappa shape index (κ3) is 3.03. The number of hydrogen-bond acceptors (Lipinski definition) is 2. The molecule has 2 nitrogen and oxygen atoms in total. The van der Waals surface area contributed by atoms with Gasteiger partial charge in [0, 0.05) is 18.7 Å². The SMILES string of the molecule is Cc1ccc(C(F)(F)F)cc1NC1=NCCCC1. The molecule has 0 saturated carbocycles. The van der Waals surface area contributed by atoms with E-state index < -0.39 is 11.7 Å². The summed E-state index contributed by atoms with van der Waals surface area (Å²) < 4.78 is 37.9. The van der Waals surface area contributed by atoms with Crippen LogP contribution in [0.4, 0.5) is 18.9 Å². The lowest BCUT2D eigenvalue weighted by atomic mass is 10.1. The summed E-state index contributed by atoms with van der Waals surface area (Å²) >= 11 is 0. The zero-order chi connectivity index (χ0) is 13.2. The fraction of sp³-hybridized carbons (Fsp3) is 0.462. The average Bonchev–Trinajstić information content (AvgIpc) is 2.32. The van der Waals surface area contributed by atoms with Gasteiger partial charge >= 0.3 is 6.18 Å². The lowest BCUT2D eigenvalue weighted by molar-refractivity contribution is -0.137. The summed E-state index contributed by atoms with van der Waals surface area (Å²) in [5, 5.41) is 3.01. The summed E-state index contributed by atoms with van der Waals surface area (Å²) in [7, 11) is 0. The molecule has 18 heavy (non-hydrogen) atoms. The molecule has 0 fully saturated rings. The van der Waals surface area contributed by atoms with Gasteiger partial charge in [0.2, 0.25) is 0 Å². The molecule has 0 bridgehead atoms. The topological polar surface area (TPSA) is 24.4 Å². The molecular formula is C13H15F3N2. The molecule has 1 aliphatic heterocycles.